The number of amides is 1. The summed E-state index contributed by atoms with van der Waals surface area (Å²) in [5.74, 6) is -0.414. The fraction of sp³-hybridized carbons (Fsp3) is 0.643. The molecule has 7 heteroatoms. The number of carbonyl (C=O) groups excluding carboxylic acids is 1. The van der Waals surface area contributed by atoms with Gasteiger partial charge in [-0.25, -0.2) is 0 Å². The number of hydrogen-bond acceptors (Lipinski definition) is 3. The number of carbonyl (C=O) groups is 1. The van der Waals surface area contributed by atoms with Crippen molar-refractivity contribution in [1.82, 2.24) is 10.2 Å². The van der Waals surface area contributed by atoms with E-state index in [-0.39, 0.29) is 12.8 Å². The van der Waals surface area contributed by atoms with Gasteiger partial charge in [-0.1, -0.05) is 13.3 Å². The highest BCUT2D eigenvalue weighted by molar-refractivity contribution is 7.07. The van der Waals surface area contributed by atoms with Crippen LogP contribution in [0.25, 0.3) is 0 Å². The molecule has 1 saturated carbocycles. The van der Waals surface area contributed by atoms with Gasteiger partial charge in [0.2, 0.25) is 5.91 Å². The molecule has 0 bridgehead atoms. The molecule has 116 valence electrons. The van der Waals surface area contributed by atoms with Gasteiger partial charge in [-0.05, 0) is 41.7 Å². The van der Waals surface area contributed by atoms with Crippen molar-refractivity contribution < 1.29 is 18.0 Å². The predicted molar refractivity (Wildman–Crippen MR) is 73.8 cm³/mol. The average molecular weight is 318 g/mol. The Morgan fingerprint density at radius 3 is 2.67 bits per heavy atom. The number of hydrogen-bond donors (Lipinski definition) is 1. The van der Waals surface area contributed by atoms with E-state index in [4.69, 9.17) is 0 Å². The van der Waals surface area contributed by atoms with Gasteiger partial charge in [0, 0.05) is 0 Å². The Morgan fingerprint density at radius 1 is 1.48 bits per heavy atom. The van der Waals surface area contributed by atoms with Crippen LogP contribution in [0.5, 0.6) is 0 Å². The van der Waals surface area contributed by atoms with E-state index >= 15 is 0 Å². The number of rotatable bonds is 4. The molecule has 0 radical (unpaired) electrons. The van der Waals surface area contributed by atoms with Crippen LogP contribution in [0.3, 0.4) is 0 Å². The molecule has 1 aromatic rings. The first-order valence-corrected chi connectivity index (χ1v) is 8.03. The fourth-order valence-electron chi connectivity index (χ4n) is 3.04. The van der Waals surface area contributed by atoms with Gasteiger partial charge in [0.1, 0.15) is 11.7 Å². The quantitative estimate of drug-likeness (QED) is 0.922. The lowest BCUT2D eigenvalue weighted by Gasteiger charge is -2.34. The fourth-order valence-corrected chi connectivity index (χ4v) is 3.72. The summed E-state index contributed by atoms with van der Waals surface area (Å²) in [5.41, 5.74) is -1.23. The van der Waals surface area contributed by atoms with Crippen LogP contribution in [0.15, 0.2) is 16.8 Å². The summed E-state index contributed by atoms with van der Waals surface area (Å²) in [6.07, 6.45) is -3.72. The van der Waals surface area contributed by atoms with Crippen LogP contribution in [0.4, 0.5) is 13.2 Å². The molecule has 2 heterocycles. The molecule has 0 spiro atoms. The van der Waals surface area contributed by atoms with Gasteiger partial charge in [-0.2, -0.15) is 24.5 Å². The molecule has 2 fully saturated rings. The SMILES string of the molecule is CCCC1NC(c2ccsc2)N(C2(C(F)(F)F)CC2)C1=O. The lowest BCUT2D eigenvalue weighted by Crippen LogP contribution is -2.51. The zero-order valence-electron chi connectivity index (χ0n) is 11.6. The smallest absolute Gasteiger partial charge is 0.307 e. The van der Waals surface area contributed by atoms with Gasteiger partial charge < -0.3 is 4.90 Å². The van der Waals surface area contributed by atoms with Crippen LogP contribution >= 0.6 is 11.3 Å². The second-order valence-corrected chi connectivity index (χ2v) is 6.48. The van der Waals surface area contributed by atoms with Gasteiger partial charge in [-0.3, -0.25) is 10.1 Å². The molecule has 1 amide bonds. The Hall–Kier alpha value is -1.08. The van der Waals surface area contributed by atoms with Crippen molar-refractivity contribution in [2.24, 2.45) is 0 Å². The molecular weight excluding hydrogens is 301 g/mol. The van der Waals surface area contributed by atoms with Crippen molar-refractivity contribution in [1.29, 1.82) is 0 Å². The van der Waals surface area contributed by atoms with Crippen LogP contribution < -0.4 is 5.32 Å². The van der Waals surface area contributed by atoms with Crippen molar-refractivity contribution in [3.63, 3.8) is 0 Å². The zero-order chi connectivity index (χ0) is 15.3. The first-order valence-electron chi connectivity index (χ1n) is 7.09. The number of nitrogens with one attached hydrogen (secondary N) is 1. The van der Waals surface area contributed by atoms with Gasteiger partial charge in [0.05, 0.1) is 6.04 Å². The molecule has 1 aliphatic heterocycles. The molecule has 1 saturated heterocycles. The summed E-state index contributed by atoms with van der Waals surface area (Å²) in [5, 5.41) is 6.72. The lowest BCUT2D eigenvalue weighted by atomic mass is 10.1. The molecule has 1 aromatic heterocycles. The molecular formula is C14H17F3N2OS. The van der Waals surface area contributed by atoms with Gasteiger partial charge in [-0.15, -0.1) is 0 Å². The minimum Gasteiger partial charge on any atom is -0.307 e. The maximum Gasteiger partial charge on any atom is 0.411 e. The van der Waals surface area contributed by atoms with E-state index in [1.54, 1.807) is 11.4 Å². The first-order chi connectivity index (χ1) is 9.90. The Morgan fingerprint density at radius 2 is 2.19 bits per heavy atom. The molecule has 3 rings (SSSR count). The summed E-state index contributed by atoms with van der Waals surface area (Å²) >= 11 is 1.42. The first kappa shape index (κ1) is 14.8. The Kier molecular flexibility index (Phi) is 3.52. The molecule has 1 N–H and O–H groups in total. The van der Waals surface area contributed by atoms with Crippen LogP contribution in [0, 0.1) is 0 Å². The summed E-state index contributed by atoms with van der Waals surface area (Å²) < 4.78 is 40.3. The van der Waals surface area contributed by atoms with E-state index in [1.165, 1.54) is 11.3 Å². The van der Waals surface area contributed by atoms with E-state index in [1.807, 2.05) is 12.3 Å². The average Bonchev–Trinajstić information content (AvgIpc) is 2.92. The van der Waals surface area contributed by atoms with E-state index in [2.05, 4.69) is 5.32 Å². The Balaban J connectivity index is 1.96. The molecule has 2 aliphatic rings. The molecule has 3 nitrogen and oxygen atoms in total. The molecule has 2 atom stereocenters. The third kappa shape index (κ3) is 2.26. The van der Waals surface area contributed by atoms with Gasteiger partial charge in [0.15, 0.2) is 0 Å². The molecule has 0 aromatic carbocycles. The minimum atomic E-state index is -4.38. The topological polar surface area (TPSA) is 32.3 Å². The molecule has 21 heavy (non-hydrogen) atoms. The highest BCUT2D eigenvalue weighted by Gasteiger charge is 2.71. The van der Waals surface area contributed by atoms with Crippen molar-refractivity contribution in [2.75, 3.05) is 0 Å². The summed E-state index contributed by atoms with van der Waals surface area (Å²) in [6.45, 7) is 1.92. The highest BCUT2D eigenvalue weighted by atomic mass is 32.1. The van der Waals surface area contributed by atoms with Crippen LogP contribution in [0.1, 0.15) is 44.3 Å². The Bertz CT molecular complexity index is 525. The van der Waals surface area contributed by atoms with Gasteiger partial charge in [0.25, 0.3) is 0 Å². The zero-order valence-corrected chi connectivity index (χ0v) is 12.4. The molecule has 1 aliphatic carbocycles. The standard InChI is InChI=1S/C14H17F3N2OS/c1-2-3-10-12(20)19(13(5-6-13)14(15,16)17)11(18-10)9-4-7-21-8-9/h4,7-8,10-11,18H,2-3,5-6H2,1H3. The predicted octanol–water partition coefficient (Wildman–Crippen LogP) is 3.44. The van der Waals surface area contributed by atoms with Crippen LogP contribution in [0.2, 0.25) is 0 Å². The number of thiophene rings is 1. The largest absolute Gasteiger partial charge is 0.411 e. The van der Waals surface area contributed by atoms with E-state index in [0.29, 0.717) is 6.42 Å². The van der Waals surface area contributed by atoms with Crippen LogP contribution in [-0.4, -0.2) is 28.6 Å². The van der Waals surface area contributed by atoms with Crippen molar-refractivity contribution in [2.45, 2.75) is 56.5 Å². The normalized spacial score (nSPS) is 28.2. The van der Waals surface area contributed by atoms with Crippen molar-refractivity contribution in [3.8, 4) is 0 Å². The summed E-state index contributed by atoms with van der Waals surface area (Å²) in [6, 6.07) is 1.27. The second-order valence-electron chi connectivity index (χ2n) is 5.70. The van der Waals surface area contributed by atoms with E-state index in [9.17, 15) is 18.0 Å². The molecule has 2 unspecified atom stereocenters. The third-order valence-corrected chi connectivity index (χ3v) is 5.00. The maximum absolute atomic E-state index is 13.4. The second kappa shape index (κ2) is 4.98. The number of alkyl halides is 3. The maximum atomic E-state index is 13.4. The highest BCUT2D eigenvalue weighted by Crippen LogP contribution is 2.57. The van der Waals surface area contributed by atoms with Crippen LogP contribution in [-0.2, 0) is 4.79 Å². The number of halogens is 3. The monoisotopic (exact) mass is 318 g/mol. The third-order valence-electron chi connectivity index (χ3n) is 4.30. The van der Waals surface area contributed by atoms with E-state index < -0.39 is 29.8 Å². The minimum absolute atomic E-state index is 0.00338. The summed E-state index contributed by atoms with van der Waals surface area (Å²) in [4.78, 5) is 13.6. The van der Waals surface area contributed by atoms with Crippen molar-refractivity contribution >= 4 is 17.2 Å². The van der Waals surface area contributed by atoms with Crippen molar-refractivity contribution in [3.05, 3.63) is 22.4 Å². The van der Waals surface area contributed by atoms with E-state index in [0.717, 1.165) is 16.9 Å². The Labute approximate surface area is 125 Å². The lowest BCUT2D eigenvalue weighted by molar-refractivity contribution is -0.202. The van der Waals surface area contributed by atoms with Gasteiger partial charge >= 0.3 is 6.18 Å². The number of nitrogens with zero attached hydrogens (tertiary/aromatic N) is 1. The summed E-state index contributed by atoms with van der Waals surface area (Å²) in [7, 11) is 0.